The number of H-pyrrole nitrogens is 1. The molecule has 2 heterocycles. The van der Waals surface area contributed by atoms with Crippen LogP contribution in [0.1, 0.15) is 24.3 Å². The maximum Gasteiger partial charge on any atom is 0.271 e. The Kier molecular flexibility index (Phi) is 3.29. The van der Waals surface area contributed by atoms with E-state index < -0.39 is 5.54 Å². The number of nitrogens with zero attached hydrogens (tertiary/aromatic N) is 1. The highest BCUT2D eigenvalue weighted by molar-refractivity contribution is 6.41. The Morgan fingerprint density at radius 2 is 2.11 bits per heavy atom. The number of carbonyl (C=O) groups excluding carboxylic acids is 2. The van der Waals surface area contributed by atoms with Crippen LogP contribution in [0.25, 0.3) is 0 Å². The summed E-state index contributed by atoms with van der Waals surface area (Å²) in [5.41, 5.74) is -0.605. The molecule has 0 aromatic carbocycles. The van der Waals surface area contributed by atoms with Gasteiger partial charge in [-0.25, -0.2) is 0 Å². The van der Waals surface area contributed by atoms with Crippen LogP contribution < -0.4 is 5.32 Å². The number of halogens is 2. The lowest BCUT2D eigenvalue weighted by atomic mass is 9.98. The lowest BCUT2D eigenvalue weighted by Crippen LogP contribution is -2.63. The van der Waals surface area contributed by atoms with E-state index in [1.807, 2.05) is 0 Å². The Morgan fingerprint density at radius 1 is 1.44 bits per heavy atom. The molecule has 98 valence electrons. The molecule has 0 aliphatic carbocycles. The van der Waals surface area contributed by atoms with Gasteiger partial charge in [0.15, 0.2) is 0 Å². The van der Waals surface area contributed by atoms with Gasteiger partial charge in [-0.15, -0.1) is 0 Å². The molecule has 1 aromatic heterocycles. The van der Waals surface area contributed by atoms with E-state index >= 15 is 0 Å². The van der Waals surface area contributed by atoms with Crippen molar-refractivity contribution in [3.8, 4) is 0 Å². The standard InChI is InChI=1S/C11H13Cl2N3O2/c1-11(2)10(18)14-3-4-16(11)9(17)7-5-6(12)8(13)15-7/h5,15H,3-4H2,1-2H3,(H,14,18). The predicted octanol–water partition coefficient (Wildman–Crippen LogP) is 1.67. The SMILES string of the molecule is CC1(C)C(=O)NCCN1C(=O)c1cc(Cl)c(Cl)[nH]1. The van der Waals surface area contributed by atoms with Gasteiger partial charge in [-0.2, -0.15) is 0 Å². The predicted molar refractivity (Wildman–Crippen MR) is 68.9 cm³/mol. The number of piperazine rings is 1. The van der Waals surface area contributed by atoms with Crippen molar-refractivity contribution in [2.24, 2.45) is 0 Å². The van der Waals surface area contributed by atoms with E-state index in [1.165, 1.54) is 11.0 Å². The van der Waals surface area contributed by atoms with Gasteiger partial charge >= 0.3 is 0 Å². The fraction of sp³-hybridized carbons (Fsp3) is 0.455. The van der Waals surface area contributed by atoms with Gasteiger partial charge in [0, 0.05) is 13.1 Å². The molecule has 5 nitrogen and oxygen atoms in total. The van der Waals surface area contributed by atoms with E-state index in [1.54, 1.807) is 13.8 Å². The summed E-state index contributed by atoms with van der Waals surface area (Å²) in [4.78, 5) is 28.3. The Labute approximate surface area is 114 Å². The molecular weight excluding hydrogens is 277 g/mol. The monoisotopic (exact) mass is 289 g/mol. The highest BCUT2D eigenvalue weighted by atomic mass is 35.5. The molecule has 2 N–H and O–H groups in total. The number of aromatic amines is 1. The Bertz CT molecular complexity index is 491. The second-order valence-corrected chi connectivity index (χ2v) is 5.40. The molecule has 0 radical (unpaired) electrons. The number of hydrogen-bond donors (Lipinski definition) is 2. The van der Waals surface area contributed by atoms with Crippen LogP contribution in [-0.2, 0) is 4.79 Å². The average Bonchev–Trinajstić information content (AvgIpc) is 2.62. The van der Waals surface area contributed by atoms with Crippen LogP contribution in [0.15, 0.2) is 6.07 Å². The molecule has 2 rings (SSSR count). The van der Waals surface area contributed by atoms with Crippen molar-refractivity contribution >= 4 is 35.0 Å². The fourth-order valence-electron chi connectivity index (χ4n) is 1.92. The van der Waals surface area contributed by atoms with Gasteiger partial charge in [-0.3, -0.25) is 9.59 Å². The topological polar surface area (TPSA) is 65.2 Å². The molecule has 0 saturated carbocycles. The smallest absolute Gasteiger partial charge is 0.271 e. The Hall–Kier alpha value is -1.20. The molecule has 0 unspecified atom stereocenters. The third-order valence-electron chi connectivity index (χ3n) is 3.05. The van der Waals surface area contributed by atoms with Crippen LogP contribution in [0.3, 0.4) is 0 Å². The van der Waals surface area contributed by atoms with Crippen molar-refractivity contribution in [3.05, 3.63) is 21.9 Å². The van der Waals surface area contributed by atoms with Gasteiger partial charge in [0.2, 0.25) is 5.91 Å². The van der Waals surface area contributed by atoms with Gasteiger partial charge in [0.25, 0.3) is 5.91 Å². The first kappa shape index (κ1) is 13.2. The summed E-state index contributed by atoms with van der Waals surface area (Å²) in [5.74, 6) is -0.463. The average molecular weight is 290 g/mol. The van der Waals surface area contributed by atoms with Crippen molar-refractivity contribution in [2.75, 3.05) is 13.1 Å². The summed E-state index contributed by atoms with van der Waals surface area (Å²) in [7, 11) is 0. The van der Waals surface area contributed by atoms with Crippen LogP contribution in [0, 0.1) is 0 Å². The molecule has 18 heavy (non-hydrogen) atoms. The van der Waals surface area contributed by atoms with E-state index in [0.29, 0.717) is 18.1 Å². The van der Waals surface area contributed by atoms with Gasteiger partial charge in [0.1, 0.15) is 16.4 Å². The lowest BCUT2D eigenvalue weighted by Gasteiger charge is -2.40. The Balaban J connectivity index is 2.30. The van der Waals surface area contributed by atoms with Crippen molar-refractivity contribution in [3.63, 3.8) is 0 Å². The van der Waals surface area contributed by atoms with Gasteiger partial charge in [-0.1, -0.05) is 23.2 Å². The summed E-state index contributed by atoms with van der Waals surface area (Å²) in [6.45, 7) is 4.29. The zero-order valence-electron chi connectivity index (χ0n) is 10.0. The third kappa shape index (κ3) is 2.08. The maximum absolute atomic E-state index is 12.3. The molecule has 1 aliphatic heterocycles. The second-order valence-electron chi connectivity index (χ2n) is 4.62. The quantitative estimate of drug-likeness (QED) is 0.826. The molecule has 0 atom stereocenters. The number of hydrogen-bond acceptors (Lipinski definition) is 2. The first-order valence-electron chi connectivity index (χ1n) is 5.48. The fourth-order valence-corrected chi connectivity index (χ4v) is 2.23. The molecule has 1 aromatic rings. The summed E-state index contributed by atoms with van der Waals surface area (Å²) < 4.78 is 0. The number of rotatable bonds is 1. The molecule has 0 bridgehead atoms. The third-order valence-corrected chi connectivity index (χ3v) is 3.75. The van der Waals surface area contributed by atoms with Crippen LogP contribution in [0.4, 0.5) is 0 Å². The Morgan fingerprint density at radius 3 is 2.67 bits per heavy atom. The van der Waals surface area contributed by atoms with E-state index in [9.17, 15) is 9.59 Å². The van der Waals surface area contributed by atoms with Crippen molar-refractivity contribution < 1.29 is 9.59 Å². The minimum atomic E-state index is -0.889. The maximum atomic E-state index is 12.3. The zero-order chi connectivity index (χ0) is 13.5. The number of amides is 2. The normalized spacial score (nSPS) is 18.7. The summed E-state index contributed by atoms with van der Waals surface area (Å²) in [6.07, 6.45) is 0. The highest BCUT2D eigenvalue weighted by Crippen LogP contribution is 2.25. The van der Waals surface area contributed by atoms with Crippen molar-refractivity contribution in [1.29, 1.82) is 0 Å². The lowest BCUT2D eigenvalue weighted by molar-refractivity contribution is -0.133. The van der Waals surface area contributed by atoms with E-state index in [-0.39, 0.29) is 22.7 Å². The largest absolute Gasteiger partial charge is 0.352 e. The summed E-state index contributed by atoms with van der Waals surface area (Å²) in [6, 6.07) is 1.47. The van der Waals surface area contributed by atoms with Crippen LogP contribution in [-0.4, -0.2) is 40.3 Å². The van der Waals surface area contributed by atoms with Crippen LogP contribution >= 0.6 is 23.2 Å². The number of carbonyl (C=O) groups is 2. The highest BCUT2D eigenvalue weighted by Gasteiger charge is 2.41. The molecule has 7 heteroatoms. The van der Waals surface area contributed by atoms with E-state index in [0.717, 1.165) is 0 Å². The van der Waals surface area contributed by atoms with Gasteiger partial charge in [0.05, 0.1) is 5.02 Å². The minimum absolute atomic E-state index is 0.175. The minimum Gasteiger partial charge on any atom is -0.352 e. The van der Waals surface area contributed by atoms with E-state index in [4.69, 9.17) is 23.2 Å². The first-order valence-corrected chi connectivity index (χ1v) is 6.24. The van der Waals surface area contributed by atoms with Crippen molar-refractivity contribution in [2.45, 2.75) is 19.4 Å². The summed E-state index contributed by atoms with van der Waals surface area (Å²) >= 11 is 11.6. The number of nitrogens with one attached hydrogen (secondary N) is 2. The molecular formula is C11H13Cl2N3O2. The van der Waals surface area contributed by atoms with Gasteiger partial charge < -0.3 is 15.2 Å². The second kappa shape index (κ2) is 4.48. The van der Waals surface area contributed by atoms with Crippen LogP contribution in [0.5, 0.6) is 0 Å². The molecule has 1 saturated heterocycles. The zero-order valence-corrected chi connectivity index (χ0v) is 11.5. The van der Waals surface area contributed by atoms with Gasteiger partial charge in [-0.05, 0) is 19.9 Å². The molecule has 1 fully saturated rings. The molecule has 2 amide bonds. The van der Waals surface area contributed by atoms with Crippen LogP contribution in [0.2, 0.25) is 10.2 Å². The first-order chi connectivity index (χ1) is 8.34. The van der Waals surface area contributed by atoms with E-state index in [2.05, 4.69) is 10.3 Å². The summed E-state index contributed by atoms with van der Waals surface area (Å²) in [5, 5.41) is 3.24. The number of aromatic nitrogens is 1. The van der Waals surface area contributed by atoms with Crippen molar-refractivity contribution in [1.82, 2.24) is 15.2 Å². The molecule has 0 spiro atoms. The molecule has 1 aliphatic rings.